The number of nitrogens with zero attached hydrogens (tertiary/aromatic N) is 3. The van der Waals surface area contributed by atoms with E-state index in [2.05, 4.69) is 24.9 Å². The summed E-state index contributed by atoms with van der Waals surface area (Å²) in [6.07, 6.45) is -1.48. The van der Waals surface area contributed by atoms with Crippen molar-refractivity contribution in [2.24, 2.45) is 0 Å². The second-order valence-electron chi connectivity index (χ2n) is 5.69. The van der Waals surface area contributed by atoms with Crippen LogP contribution in [-0.4, -0.2) is 22.8 Å². The fraction of sp³-hybridized carbons (Fsp3) is 0.438. The van der Waals surface area contributed by atoms with Gasteiger partial charge in [0.05, 0.1) is 6.54 Å². The van der Waals surface area contributed by atoms with Crippen molar-refractivity contribution in [2.75, 3.05) is 11.9 Å². The van der Waals surface area contributed by atoms with Gasteiger partial charge in [-0.05, 0) is 23.6 Å². The van der Waals surface area contributed by atoms with E-state index in [-0.39, 0.29) is 0 Å². The monoisotopic (exact) mass is 311 g/mol. The lowest BCUT2D eigenvalue weighted by molar-refractivity contribution is -0.141. The van der Waals surface area contributed by atoms with Gasteiger partial charge >= 0.3 is 6.18 Å². The molecule has 0 aliphatic carbocycles. The maximum absolute atomic E-state index is 12.5. The molecular formula is C16H20F3N3. The Balaban J connectivity index is 2.14. The summed E-state index contributed by atoms with van der Waals surface area (Å²) in [5, 5.41) is 0. The van der Waals surface area contributed by atoms with Gasteiger partial charge in [-0.3, -0.25) is 0 Å². The lowest BCUT2D eigenvalue weighted by Gasteiger charge is -2.21. The van der Waals surface area contributed by atoms with E-state index in [0.717, 1.165) is 10.3 Å². The Kier molecular flexibility index (Phi) is 4.78. The van der Waals surface area contributed by atoms with Crippen molar-refractivity contribution in [1.82, 2.24) is 9.55 Å². The van der Waals surface area contributed by atoms with Gasteiger partial charge in [-0.15, -0.1) is 0 Å². The highest BCUT2D eigenvalue weighted by Gasteiger charge is 2.28. The zero-order valence-electron chi connectivity index (χ0n) is 12.9. The van der Waals surface area contributed by atoms with E-state index in [9.17, 15) is 13.2 Å². The molecule has 0 aliphatic heterocycles. The molecule has 0 saturated heterocycles. The van der Waals surface area contributed by atoms with Crippen LogP contribution in [0.4, 0.5) is 18.9 Å². The molecular weight excluding hydrogens is 291 g/mol. The average molecular weight is 311 g/mol. The Hall–Kier alpha value is -1.98. The number of halogens is 3. The quantitative estimate of drug-likeness (QED) is 0.825. The van der Waals surface area contributed by atoms with Crippen LogP contribution in [0.15, 0.2) is 36.7 Å². The van der Waals surface area contributed by atoms with Gasteiger partial charge in [-0.25, -0.2) is 4.98 Å². The van der Waals surface area contributed by atoms with Gasteiger partial charge in [-0.2, -0.15) is 13.2 Å². The third-order valence-electron chi connectivity index (χ3n) is 3.51. The summed E-state index contributed by atoms with van der Waals surface area (Å²) in [4.78, 5) is 5.95. The minimum absolute atomic E-state index is 0.324. The first-order chi connectivity index (χ1) is 10.3. The SMILES string of the molecule is CC(C)c1cccc(N(C)Cc2nccn2CC(F)(F)F)c1. The highest BCUT2D eigenvalue weighted by molar-refractivity contribution is 5.48. The maximum atomic E-state index is 12.5. The van der Waals surface area contributed by atoms with Crippen LogP contribution in [0, 0.1) is 0 Å². The van der Waals surface area contributed by atoms with Crippen LogP contribution >= 0.6 is 0 Å². The van der Waals surface area contributed by atoms with E-state index >= 15 is 0 Å². The van der Waals surface area contributed by atoms with Crippen molar-refractivity contribution in [1.29, 1.82) is 0 Å². The summed E-state index contributed by atoms with van der Waals surface area (Å²) < 4.78 is 38.8. The molecule has 6 heteroatoms. The normalized spacial score (nSPS) is 12.0. The van der Waals surface area contributed by atoms with Crippen molar-refractivity contribution in [3.8, 4) is 0 Å². The van der Waals surface area contributed by atoms with Crippen molar-refractivity contribution in [2.45, 2.75) is 39.0 Å². The van der Waals surface area contributed by atoms with Gasteiger partial charge in [0.2, 0.25) is 0 Å². The zero-order valence-corrected chi connectivity index (χ0v) is 12.9. The Morgan fingerprint density at radius 1 is 1.27 bits per heavy atom. The molecule has 1 aromatic heterocycles. The van der Waals surface area contributed by atoms with E-state index in [1.165, 1.54) is 18.0 Å². The van der Waals surface area contributed by atoms with Crippen LogP contribution in [-0.2, 0) is 13.1 Å². The van der Waals surface area contributed by atoms with Crippen LogP contribution in [0.2, 0.25) is 0 Å². The number of benzene rings is 1. The van der Waals surface area contributed by atoms with Gasteiger partial charge in [0, 0.05) is 25.1 Å². The molecule has 0 amide bonds. The molecule has 0 bridgehead atoms. The predicted octanol–water partition coefficient (Wildman–Crippen LogP) is 4.21. The third-order valence-corrected chi connectivity index (χ3v) is 3.51. The van der Waals surface area contributed by atoms with E-state index in [1.807, 2.05) is 30.1 Å². The second-order valence-corrected chi connectivity index (χ2v) is 5.69. The van der Waals surface area contributed by atoms with Crippen molar-refractivity contribution < 1.29 is 13.2 Å². The number of hydrogen-bond acceptors (Lipinski definition) is 2. The van der Waals surface area contributed by atoms with Crippen LogP contribution in [0.25, 0.3) is 0 Å². The van der Waals surface area contributed by atoms with Gasteiger partial charge in [-0.1, -0.05) is 26.0 Å². The first-order valence-electron chi connectivity index (χ1n) is 7.14. The molecule has 3 nitrogen and oxygen atoms in total. The molecule has 1 aromatic carbocycles. The standard InChI is InChI=1S/C16H20F3N3/c1-12(2)13-5-4-6-14(9-13)21(3)10-15-20-7-8-22(15)11-16(17,18)19/h4-9,12H,10-11H2,1-3H3. The Morgan fingerprint density at radius 3 is 2.64 bits per heavy atom. The van der Waals surface area contributed by atoms with Crippen LogP contribution in [0.5, 0.6) is 0 Å². The number of anilines is 1. The van der Waals surface area contributed by atoms with Crippen molar-refractivity contribution in [3.05, 3.63) is 48.0 Å². The molecule has 0 radical (unpaired) electrons. The van der Waals surface area contributed by atoms with Gasteiger partial charge < -0.3 is 9.47 Å². The second kappa shape index (κ2) is 6.42. The van der Waals surface area contributed by atoms with E-state index in [1.54, 1.807) is 0 Å². The smallest absolute Gasteiger partial charge is 0.367 e. The van der Waals surface area contributed by atoms with Crippen LogP contribution in [0.1, 0.15) is 31.2 Å². The van der Waals surface area contributed by atoms with E-state index < -0.39 is 12.7 Å². The molecule has 22 heavy (non-hydrogen) atoms. The van der Waals surface area contributed by atoms with Crippen molar-refractivity contribution in [3.63, 3.8) is 0 Å². The van der Waals surface area contributed by atoms with Crippen LogP contribution < -0.4 is 4.90 Å². The topological polar surface area (TPSA) is 21.1 Å². The Morgan fingerprint density at radius 2 is 2.00 bits per heavy atom. The number of alkyl halides is 3. The van der Waals surface area contributed by atoms with Crippen molar-refractivity contribution >= 4 is 5.69 Å². The number of rotatable bonds is 5. The Bertz CT molecular complexity index is 617. The van der Waals surface area contributed by atoms with Crippen LogP contribution in [0.3, 0.4) is 0 Å². The minimum atomic E-state index is -4.24. The molecule has 0 unspecified atom stereocenters. The maximum Gasteiger partial charge on any atom is 0.406 e. The first kappa shape index (κ1) is 16.4. The molecule has 0 aliphatic rings. The summed E-state index contributed by atoms with van der Waals surface area (Å²) in [7, 11) is 1.85. The van der Waals surface area contributed by atoms with E-state index in [0.29, 0.717) is 18.3 Å². The Labute approximate surface area is 128 Å². The lowest BCUT2D eigenvalue weighted by atomic mass is 10.0. The summed E-state index contributed by atoms with van der Waals surface area (Å²) in [6.45, 7) is 3.52. The summed E-state index contributed by atoms with van der Waals surface area (Å²) in [5.41, 5.74) is 2.16. The molecule has 0 saturated carbocycles. The van der Waals surface area contributed by atoms with Gasteiger partial charge in [0.25, 0.3) is 0 Å². The largest absolute Gasteiger partial charge is 0.406 e. The molecule has 1 heterocycles. The lowest BCUT2D eigenvalue weighted by Crippen LogP contribution is -2.23. The highest BCUT2D eigenvalue weighted by atomic mass is 19.4. The van der Waals surface area contributed by atoms with Gasteiger partial charge in [0.15, 0.2) is 0 Å². The zero-order chi connectivity index (χ0) is 16.3. The molecule has 0 fully saturated rings. The number of hydrogen-bond donors (Lipinski definition) is 0. The average Bonchev–Trinajstić information content (AvgIpc) is 2.84. The molecule has 0 spiro atoms. The first-order valence-corrected chi connectivity index (χ1v) is 7.14. The molecule has 120 valence electrons. The third kappa shape index (κ3) is 4.26. The summed E-state index contributed by atoms with van der Waals surface area (Å²) in [6, 6.07) is 8.01. The highest BCUT2D eigenvalue weighted by Crippen LogP contribution is 2.23. The molecule has 0 atom stereocenters. The van der Waals surface area contributed by atoms with Gasteiger partial charge in [0.1, 0.15) is 12.4 Å². The molecule has 2 rings (SSSR count). The number of imidazole rings is 1. The van der Waals surface area contributed by atoms with E-state index in [4.69, 9.17) is 0 Å². The predicted molar refractivity (Wildman–Crippen MR) is 80.9 cm³/mol. The number of aromatic nitrogens is 2. The summed E-state index contributed by atoms with van der Waals surface area (Å²) in [5.74, 6) is 0.801. The fourth-order valence-corrected chi connectivity index (χ4v) is 2.25. The minimum Gasteiger partial charge on any atom is -0.367 e. The fourth-order valence-electron chi connectivity index (χ4n) is 2.25. The molecule has 2 aromatic rings. The molecule has 0 N–H and O–H groups in total. The summed E-state index contributed by atoms with van der Waals surface area (Å²) >= 11 is 0.